The van der Waals surface area contributed by atoms with Gasteiger partial charge in [0.15, 0.2) is 0 Å². The van der Waals surface area contributed by atoms with E-state index < -0.39 is 0 Å². The summed E-state index contributed by atoms with van der Waals surface area (Å²) in [7, 11) is 0. The Morgan fingerprint density at radius 2 is 2.38 bits per heavy atom. The topological polar surface area (TPSA) is 29.1 Å². The summed E-state index contributed by atoms with van der Waals surface area (Å²) in [5.41, 5.74) is 0. The van der Waals surface area contributed by atoms with Crippen molar-refractivity contribution in [3.05, 3.63) is 0 Å². The highest BCUT2D eigenvalue weighted by Crippen LogP contribution is 2.24. The van der Waals surface area contributed by atoms with E-state index in [0.717, 1.165) is 13.0 Å². The van der Waals surface area contributed by atoms with Crippen molar-refractivity contribution in [1.82, 2.24) is 5.32 Å². The summed E-state index contributed by atoms with van der Waals surface area (Å²) in [6, 6.07) is 0. The molecule has 13 heavy (non-hydrogen) atoms. The highest BCUT2D eigenvalue weighted by molar-refractivity contribution is 7.99. The van der Waals surface area contributed by atoms with Gasteiger partial charge in [-0.25, -0.2) is 0 Å². The van der Waals surface area contributed by atoms with E-state index in [1.54, 1.807) is 0 Å². The van der Waals surface area contributed by atoms with Gasteiger partial charge in [-0.3, -0.25) is 4.79 Å². The van der Waals surface area contributed by atoms with Gasteiger partial charge in [0.05, 0.1) is 0 Å². The number of rotatable bonds is 4. The first-order valence-electron chi connectivity index (χ1n) is 5.21. The number of carbonyl (C=O) groups excluding carboxylic acids is 1. The zero-order valence-electron chi connectivity index (χ0n) is 8.34. The van der Waals surface area contributed by atoms with Crippen LogP contribution in [0.15, 0.2) is 0 Å². The molecule has 0 aromatic rings. The van der Waals surface area contributed by atoms with Crippen LogP contribution in [0.2, 0.25) is 0 Å². The number of amides is 1. The van der Waals surface area contributed by atoms with Gasteiger partial charge < -0.3 is 5.32 Å². The summed E-state index contributed by atoms with van der Waals surface area (Å²) >= 11 is 2.01. The predicted octanol–water partition coefficient (Wildman–Crippen LogP) is 2.19. The number of hydrogen-bond acceptors (Lipinski definition) is 2. The van der Waals surface area contributed by atoms with Crippen LogP contribution < -0.4 is 5.32 Å². The fourth-order valence-corrected chi connectivity index (χ4v) is 2.75. The zero-order chi connectivity index (χ0) is 9.52. The summed E-state index contributed by atoms with van der Waals surface area (Å²) in [5.74, 6) is 1.49. The van der Waals surface area contributed by atoms with Crippen LogP contribution in [0.3, 0.4) is 0 Å². The van der Waals surface area contributed by atoms with Crippen molar-refractivity contribution in [3.8, 4) is 0 Å². The second kappa shape index (κ2) is 6.30. The predicted molar refractivity (Wildman–Crippen MR) is 58.0 cm³/mol. The first-order chi connectivity index (χ1) is 6.33. The maximum absolute atomic E-state index is 11.2. The van der Waals surface area contributed by atoms with Crippen molar-refractivity contribution >= 4 is 17.7 Å². The summed E-state index contributed by atoms with van der Waals surface area (Å²) in [5, 5.41) is 3.67. The summed E-state index contributed by atoms with van der Waals surface area (Å²) in [6.45, 7) is 2.92. The molecule has 0 bridgehead atoms. The Morgan fingerprint density at radius 1 is 1.54 bits per heavy atom. The largest absolute Gasteiger partial charge is 0.355 e. The SMILES string of the molecule is CCCC(=O)NCC1CCCCS1. The van der Waals surface area contributed by atoms with E-state index in [-0.39, 0.29) is 5.91 Å². The number of hydrogen-bond donors (Lipinski definition) is 1. The van der Waals surface area contributed by atoms with Crippen LogP contribution in [0.1, 0.15) is 39.0 Å². The van der Waals surface area contributed by atoms with Crippen molar-refractivity contribution < 1.29 is 4.79 Å². The maximum Gasteiger partial charge on any atom is 0.220 e. The molecule has 76 valence electrons. The molecule has 1 atom stereocenters. The molecule has 3 heteroatoms. The van der Waals surface area contributed by atoms with E-state index in [2.05, 4.69) is 5.32 Å². The summed E-state index contributed by atoms with van der Waals surface area (Å²) in [6.07, 6.45) is 5.59. The van der Waals surface area contributed by atoms with Gasteiger partial charge in [-0.15, -0.1) is 0 Å². The Hall–Kier alpha value is -0.180. The molecule has 0 aromatic carbocycles. The summed E-state index contributed by atoms with van der Waals surface area (Å²) < 4.78 is 0. The highest BCUT2D eigenvalue weighted by atomic mass is 32.2. The fraction of sp³-hybridized carbons (Fsp3) is 0.900. The standard InChI is InChI=1S/C10H19NOS/c1-2-5-10(12)11-8-9-6-3-4-7-13-9/h9H,2-8H2,1H3,(H,11,12). The van der Waals surface area contributed by atoms with Gasteiger partial charge in [0.1, 0.15) is 0 Å². The second-order valence-electron chi connectivity index (χ2n) is 3.54. The van der Waals surface area contributed by atoms with Gasteiger partial charge in [0, 0.05) is 18.2 Å². The van der Waals surface area contributed by atoms with Gasteiger partial charge in [-0.1, -0.05) is 13.3 Å². The fourth-order valence-electron chi connectivity index (χ4n) is 1.51. The Balaban J connectivity index is 2.06. The molecule has 0 spiro atoms. The lowest BCUT2D eigenvalue weighted by Crippen LogP contribution is -2.31. The van der Waals surface area contributed by atoms with Crippen molar-refractivity contribution in [2.75, 3.05) is 12.3 Å². The average Bonchev–Trinajstić information content (AvgIpc) is 2.17. The van der Waals surface area contributed by atoms with Crippen LogP contribution in [0, 0.1) is 0 Å². The van der Waals surface area contributed by atoms with Crippen molar-refractivity contribution in [2.24, 2.45) is 0 Å². The van der Waals surface area contributed by atoms with E-state index in [0.29, 0.717) is 11.7 Å². The molecule has 1 fully saturated rings. The molecule has 1 amide bonds. The average molecular weight is 201 g/mol. The molecule has 2 nitrogen and oxygen atoms in total. The normalized spacial score (nSPS) is 22.7. The molecule has 1 unspecified atom stereocenters. The van der Waals surface area contributed by atoms with Crippen molar-refractivity contribution in [2.45, 2.75) is 44.3 Å². The van der Waals surface area contributed by atoms with Gasteiger partial charge in [-0.05, 0) is 25.0 Å². The third-order valence-electron chi connectivity index (χ3n) is 2.28. The summed E-state index contributed by atoms with van der Waals surface area (Å²) in [4.78, 5) is 11.2. The number of nitrogens with one attached hydrogen (secondary N) is 1. The molecule has 1 saturated heterocycles. The van der Waals surface area contributed by atoms with E-state index in [4.69, 9.17) is 0 Å². The smallest absolute Gasteiger partial charge is 0.220 e. The first kappa shape index (κ1) is 10.9. The molecule has 0 aromatic heterocycles. The molecule has 1 N–H and O–H groups in total. The first-order valence-corrected chi connectivity index (χ1v) is 6.26. The molecular weight excluding hydrogens is 182 g/mol. The molecular formula is C10H19NOS. The van der Waals surface area contributed by atoms with Gasteiger partial charge >= 0.3 is 0 Å². The van der Waals surface area contributed by atoms with Crippen molar-refractivity contribution in [3.63, 3.8) is 0 Å². The molecule has 1 aliphatic rings. The van der Waals surface area contributed by atoms with Crippen LogP contribution in [0.25, 0.3) is 0 Å². The minimum absolute atomic E-state index is 0.216. The molecule has 0 radical (unpaired) electrons. The van der Waals surface area contributed by atoms with E-state index in [1.165, 1.54) is 25.0 Å². The Bertz CT molecular complexity index is 155. The lowest BCUT2D eigenvalue weighted by atomic mass is 10.2. The Kier molecular flexibility index (Phi) is 5.28. The van der Waals surface area contributed by atoms with Gasteiger partial charge in [-0.2, -0.15) is 11.8 Å². The molecule has 0 aliphatic carbocycles. The van der Waals surface area contributed by atoms with Gasteiger partial charge in [0.2, 0.25) is 5.91 Å². The van der Waals surface area contributed by atoms with Crippen LogP contribution in [0.4, 0.5) is 0 Å². The molecule has 0 saturated carbocycles. The monoisotopic (exact) mass is 201 g/mol. The third-order valence-corrected chi connectivity index (χ3v) is 3.68. The van der Waals surface area contributed by atoms with Crippen LogP contribution in [-0.4, -0.2) is 23.5 Å². The van der Waals surface area contributed by atoms with Crippen LogP contribution in [-0.2, 0) is 4.79 Å². The minimum Gasteiger partial charge on any atom is -0.355 e. The Morgan fingerprint density at radius 3 is 3.00 bits per heavy atom. The van der Waals surface area contributed by atoms with E-state index >= 15 is 0 Å². The molecule has 1 heterocycles. The second-order valence-corrected chi connectivity index (χ2v) is 4.95. The highest BCUT2D eigenvalue weighted by Gasteiger charge is 2.14. The van der Waals surface area contributed by atoms with E-state index in [1.807, 2.05) is 18.7 Å². The number of thioether (sulfide) groups is 1. The molecule has 1 aliphatic heterocycles. The number of carbonyl (C=O) groups is 1. The van der Waals surface area contributed by atoms with Crippen molar-refractivity contribution in [1.29, 1.82) is 0 Å². The quantitative estimate of drug-likeness (QED) is 0.755. The van der Waals surface area contributed by atoms with Gasteiger partial charge in [0.25, 0.3) is 0 Å². The van der Waals surface area contributed by atoms with E-state index in [9.17, 15) is 4.79 Å². The lowest BCUT2D eigenvalue weighted by molar-refractivity contribution is -0.121. The zero-order valence-corrected chi connectivity index (χ0v) is 9.16. The lowest BCUT2D eigenvalue weighted by Gasteiger charge is -2.21. The van der Waals surface area contributed by atoms with Crippen LogP contribution in [0.5, 0.6) is 0 Å². The Labute approximate surface area is 84.9 Å². The third kappa shape index (κ3) is 4.55. The molecule has 1 rings (SSSR count). The van der Waals surface area contributed by atoms with Crippen LogP contribution >= 0.6 is 11.8 Å². The minimum atomic E-state index is 0.216. The maximum atomic E-state index is 11.2.